The molecule has 2 fully saturated rings. The Bertz CT molecular complexity index is 336. The van der Waals surface area contributed by atoms with Gasteiger partial charge in [-0.2, -0.15) is 17.0 Å². The molecule has 2 aliphatic carbocycles. The van der Waals surface area contributed by atoms with Crippen molar-refractivity contribution >= 4 is 17.7 Å². The molecule has 0 bridgehead atoms. The van der Waals surface area contributed by atoms with Crippen LogP contribution < -0.4 is 5.32 Å². The minimum atomic E-state index is -0.712. The third-order valence-electron chi connectivity index (χ3n) is 4.45. The minimum absolute atomic E-state index is 0.00454. The van der Waals surface area contributed by atoms with Crippen molar-refractivity contribution < 1.29 is 4.79 Å². The summed E-state index contributed by atoms with van der Waals surface area (Å²) in [6, 6.07) is 2.57. The van der Waals surface area contributed by atoms with Crippen molar-refractivity contribution in [2.45, 2.75) is 62.7 Å². The Labute approximate surface area is 114 Å². The van der Waals surface area contributed by atoms with Gasteiger partial charge < -0.3 is 5.32 Å². The number of carbonyl (C=O) groups excluding carboxylic acids is 1. The summed E-state index contributed by atoms with van der Waals surface area (Å²) in [5.41, 5.74) is -0.712. The van der Waals surface area contributed by atoms with Gasteiger partial charge in [0, 0.05) is 11.3 Å². The van der Waals surface area contributed by atoms with Crippen molar-refractivity contribution in [3.05, 3.63) is 0 Å². The van der Waals surface area contributed by atoms with E-state index in [0.717, 1.165) is 43.8 Å². The van der Waals surface area contributed by atoms with E-state index in [4.69, 9.17) is 0 Å². The summed E-state index contributed by atoms with van der Waals surface area (Å²) in [5, 5.41) is 13.2. The third-order valence-corrected chi connectivity index (χ3v) is 5.59. The molecule has 0 spiro atoms. The third kappa shape index (κ3) is 2.83. The molecule has 0 aliphatic heterocycles. The Kier molecular flexibility index (Phi) is 4.55. The van der Waals surface area contributed by atoms with E-state index >= 15 is 0 Å². The molecule has 0 radical (unpaired) electrons. The SMILES string of the molecule is CSC1CCC(NC(=O)C2(C#N)CCCC2)CC1. The monoisotopic (exact) mass is 266 g/mol. The van der Waals surface area contributed by atoms with E-state index < -0.39 is 5.41 Å². The summed E-state index contributed by atoms with van der Waals surface area (Å²) >= 11 is 1.93. The Morgan fingerprint density at radius 1 is 1.28 bits per heavy atom. The van der Waals surface area contributed by atoms with Crippen molar-refractivity contribution in [1.82, 2.24) is 5.32 Å². The Balaban J connectivity index is 1.86. The molecule has 2 saturated carbocycles. The lowest BCUT2D eigenvalue weighted by Crippen LogP contribution is -2.45. The molecule has 1 amide bonds. The molecule has 18 heavy (non-hydrogen) atoms. The van der Waals surface area contributed by atoms with Gasteiger partial charge in [0.1, 0.15) is 5.41 Å². The Morgan fingerprint density at radius 3 is 2.39 bits per heavy atom. The molecular weight excluding hydrogens is 244 g/mol. The highest BCUT2D eigenvalue weighted by Crippen LogP contribution is 2.38. The molecule has 100 valence electrons. The molecule has 0 aromatic rings. The van der Waals surface area contributed by atoms with Crippen molar-refractivity contribution in [1.29, 1.82) is 5.26 Å². The molecule has 2 rings (SSSR count). The van der Waals surface area contributed by atoms with Crippen LogP contribution >= 0.6 is 11.8 Å². The van der Waals surface area contributed by atoms with Crippen LogP contribution in [0.15, 0.2) is 0 Å². The number of hydrogen-bond acceptors (Lipinski definition) is 3. The first kappa shape index (κ1) is 13.7. The number of nitrogens with one attached hydrogen (secondary N) is 1. The van der Waals surface area contributed by atoms with Gasteiger partial charge in [-0.05, 0) is 44.8 Å². The normalized spacial score (nSPS) is 30.7. The summed E-state index contributed by atoms with van der Waals surface area (Å²) < 4.78 is 0. The lowest BCUT2D eigenvalue weighted by Gasteiger charge is -2.30. The van der Waals surface area contributed by atoms with Gasteiger partial charge in [-0.3, -0.25) is 4.79 Å². The van der Waals surface area contributed by atoms with E-state index in [2.05, 4.69) is 17.6 Å². The number of amides is 1. The first-order valence-corrected chi connectivity index (χ1v) is 8.24. The predicted molar refractivity (Wildman–Crippen MR) is 74.2 cm³/mol. The summed E-state index contributed by atoms with van der Waals surface area (Å²) in [6.07, 6.45) is 10.2. The van der Waals surface area contributed by atoms with Gasteiger partial charge in [-0.25, -0.2) is 0 Å². The van der Waals surface area contributed by atoms with Gasteiger partial charge >= 0.3 is 0 Å². The first-order chi connectivity index (χ1) is 8.70. The fraction of sp³-hybridized carbons (Fsp3) is 0.857. The van der Waals surface area contributed by atoms with Crippen LogP contribution in [0.25, 0.3) is 0 Å². The van der Waals surface area contributed by atoms with Crippen LogP contribution in [0.3, 0.4) is 0 Å². The highest BCUT2D eigenvalue weighted by Gasteiger charge is 2.42. The van der Waals surface area contributed by atoms with Gasteiger partial charge in [-0.1, -0.05) is 12.8 Å². The number of nitriles is 1. The molecule has 2 aliphatic rings. The number of rotatable bonds is 3. The van der Waals surface area contributed by atoms with Crippen LogP contribution in [0.5, 0.6) is 0 Å². The molecule has 0 aromatic heterocycles. The van der Waals surface area contributed by atoms with Gasteiger partial charge in [0.05, 0.1) is 6.07 Å². The average Bonchev–Trinajstić information content (AvgIpc) is 2.89. The molecule has 0 heterocycles. The Hall–Kier alpha value is -0.690. The number of nitrogens with zero attached hydrogens (tertiary/aromatic N) is 1. The predicted octanol–water partition coefficient (Wildman–Crippen LogP) is 2.86. The molecule has 0 atom stereocenters. The quantitative estimate of drug-likeness (QED) is 0.854. The van der Waals surface area contributed by atoms with E-state index in [0.29, 0.717) is 6.04 Å². The average molecular weight is 266 g/mol. The van der Waals surface area contributed by atoms with E-state index in [1.165, 1.54) is 12.8 Å². The summed E-state index contributed by atoms with van der Waals surface area (Å²) in [7, 11) is 0. The molecule has 0 aromatic carbocycles. The van der Waals surface area contributed by atoms with E-state index in [1.807, 2.05) is 11.8 Å². The van der Waals surface area contributed by atoms with Crippen molar-refractivity contribution in [2.75, 3.05) is 6.26 Å². The molecule has 1 N–H and O–H groups in total. The number of thioether (sulfide) groups is 1. The van der Waals surface area contributed by atoms with Crippen molar-refractivity contribution in [3.63, 3.8) is 0 Å². The zero-order valence-corrected chi connectivity index (χ0v) is 11.9. The highest BCUT2D eigenvalue weighted by molar-refractivity contribution is 7.99. The molecule has 0 unspecified atom stereocenters. The smallest absolute Gasteiger partial charge is 0.240 e. The minimum Gasteiger partial charge on any atom is -0.352 e. The second kappa shape index (κ2) is 5.97. The molecule has 4 heteroatoms. The van der Waals surface area contributed by atoms with Crippen LogP contribution in [-0.4, -0.2) is 23.5 Å². The molecular formula is C14H22N2OS. The number of carbonyl (C=O) groups is 1. The highest BCUT2D eigenvalue weighted by atomic mass is 32.2. The van der Waals surface area contributed by atoms with Crippen LogP contribution in [0.2, 0.25) is 0 Å². The summed E-state index contributed by atoms with van der Waals surface area (Å²) in [4.78, 5) is 12.3. The first-order valence-electron chi connectivity index (χ1n) is 6.95. The maximum absolute atomic E-state index is 12.3. The van der Waals surface area contributed by atoms with Gasteiger partial charge in [0.25, 0.3) is 0 Å². The topological polar surface area (TPSA) is 52.9 Å². The lowest BCUT2D eigenvalue weighted by molar-refractivity contribution is -0.128. The zero-order chi connectivity index (χ0) is 13.0. The second-order valence-electron chi connectivity index (χ2n) is 5.58. The number of hydrogen-bond donors (Lipinski definition) is 1. The van der Waals surface area contributed by atoms with E-state index in [-0.39, 0.29) is 5.91 Å². The fourth-order valence-corrected chi connectivity index (χ4v) is 3.88. The van der Waals surface area contributed by atoms with Gasteiger partial charge in [-0.15, -0.1) is 0 Å². The van der Waals surface area contributed by atoms with Crippen molar-refractivity contribution in [2.24, 2.45) is 5.41 Å². The summed E-state index contributed by atoms with van der Waals surface area (Å²) in [6.45, 7) is 0. The van der Waals surface area contributed by atoms with Crippen LogP contribution in [0.4, 0.5) is 0 Å². The van der Waals surface area contributed by atoms with Crippen LogP contribution in [0, 0.1) is 16.7 Å². The maximum atomic E-state index is 12.3. The second-order valence-corrected chi connectivity index (χ2v) is 6.72. The van der Waals surface area contributed by atoms with Gasteiger partial charge in [0.2, 0.25) is 5.91 Å². The standard InChI is InChI=1S/C14H22N2OS/c1-18-12-6-4-11(5-7-12)16-13(17)14(10-15)8-2-3-9-14/h11-12H,2-9H2,1H3,(H,16,17). The van der Waals surface area contributed by atoms with Crippen molar-refractivity contribution in [3.8, 4) is 6.07 Å². The maximum Gasteiger partial charge on any atom is 0.240 e. The molecule has 3 nitrogen and oxygen atoms in total. The van der Waals surface area contributed by atoms with Crippen LogP contribution in [0.1, 0.15) is 51.4 Å². The lowest BCUT2D eigenvalue weighted by atomic mass is 9.85. The molecule has 0 saturated heterocycles. The fourth-order valence-electron chi connectivity index (χ4n) is 3.13. The summed E-state index contributed by atoms with van der Waals surface area (Å²) in [5.74, 6) is -0.00454. The van der Waals surface area contributed by atoms with Gasteiger partial charge in [0.15, 0.2) is 0 Å². The van der Waals surface area contributed by atoms with E-state index in [9.17, 15) is 10.1 Å². The van der Waals surface area contributed by atoms with E-state index in [1.54, 1.807) is 0 Å². The largest absolute Gasteiger partial charge is 0.352 e. The van der Waals surface area contributed by atoms with Crippen LogP contribution in [-0.2, 0) is 4.79 Å². The zero-order valence-electron chi connectivity index (χ0n) is 11.1. The Morgan fingerprint density at radius 2 is 1.89 bits per heavy atom.